The zero-order chi connectivity index (χ0) is 15.5. The zero-order valence-electron chi connectivity index (χ0n) is 12.6. The van der Waals surface area contributed by atoms with Crippen LogP contribution in [-0.4, -0.2) is 24.5 Å². The normalized spacial score (nSPS) is 17.7. The molecule has 1 unspecified atom stereocenters. The van der Waals surface area contributed by atoms with Crippen LogP contribution in [0.25, 0.3) is 0 Å². The molecule has 116 valence electrons. The molecule has 0 saturated carbocycles. The van der Waals surface area contributed by atoms with Gasteiger partial charge in [-0.2, -0.15) is 0 Å². The molecule has 1 amide bonds. The summed E-state index contributed by atoms with van der Waals surface area (Å²) in [4.78, 5) is 14.6. The molecule has 5 nitrogen and oxygen atoms in total. The Hall–Kier alpha value is -2.27. The topological polar surface area (TPSA) is 68.7 Å². The third-order valence-corrected chi connectivity index (χ3v) is 4.12. The first-order valence-corrected chi connectivity index (χ1v) is 7.45. The van der Waals surface area contributed by atoms with Gasteiger partial charge in [0.05, 0.1) is 25.3 Å². The maximum atomic E-state index is 12.7. The molecule has 2 aromatic rings. The van der Waals surface area contributed by atoms with Gasteiger partial charge in [-0.1, -0.05) is 12.1 Å². The van der Waals surface area contributed by atoms with Crippen molar-refractivity contribution in [2.45, 2.75) is 25.4 Å². The molecule has 1 fully saturated rings. The van der Waals surface area contributed by atoms with Crippen molar-refractivity contribution in [3.63, 3.8) is 0 Å². The summed E-state index contributed by atoms with van der Waals surface area (Å²) in [6, 6.07) is 9.74. The van der Waals surface area contributed by atoms with E-state index in [2.05, 4.69) is 0 Å². The van der Waals surface area contributed by atoms with Gasteiger partial charge in [0.15, 0.2) is 0 Å². The highest BCUT2D eigenvalue weighted by Gasteiger charge is 2.31. The first kappa shape index (κ1) is 14.7. The van der Waals surface area contributed by atoms with Crippen LogP contribution < -0.4 is 10.5 Å². The second-order valence-corrected chi connectivity index (χ2v) is 5.44. The Morgan fingerprint density at radius 1 is 1.41 bits per heavy atom. The minimum absolute atomic E-state index is 0.00164. The largest absolute Gasteiger partial charge is 0.497 e. The lowest BCUT2D eigenvalue weighted by Crippen LogP contribution is -2.30. The Balaban J connectivity index is 1.81. The van der Waals surface area contributed by atoms with Gasteiger partial charge in [-0.25, -0.2) is 0 Å². The van der Waals surface area contributed by atoms with Crippen LogP contribution in [0.5, 0.6) is 5.75 Å². The minimum Gasteiger partial charge on any atom is -0.497 e. The Morgan fingerprint density at radius 2 is 2.18 bits per heavy atom. The number of carbonyl (C=O) groups is 1. The molecule has 0 radical (unpaired) electrons. The molecular weight excluding hydrogens is 280 g/mol. The Bertz CT molecular complexity index is 648. The summed E-state index contributed by atoms with van der Waals surface area (Å²) in [5.74, 6) is 1.45. The predicted octanol–water partition coefficient (Wildman–Crippen LogP) is 2.72. The maximum absolute atomic E-state index is 12.7. The van der Waals surface area contributed by atoms with Crippen molar-refractivity contribution in [2.24, 2.45) is 5.73 Å². The molecule has 1 saturated heterocycles. The fourth-order valence-corrected chi connectivity index (χ4v) is 2.95. The predicted molar refractivity (Wildman–Crippen MR) is 82.6 cm³/mol. The molecule has 2 heterocycles. The summed E-state index contributed by atoms with van der Waals surface area (Å²) in [5, 5.41) is 0. The van der Waals surface area contributed by atoms with Crippen LogP contribution in [-0.2, 0) is 6.54 Å². The van der Waals surface area contributed by atoms with Gasteiger partial charge >= 0.3 is 0 Å². The average Bonchev–Trinajstić information content (AvgIpc) is 3.23. The summed E-state index contributed by atoms with van der Waals surface area (Å²) in [7, 11) is 1.65. The first-order chi connectivity index (χ1) is 10.7. The Labute approximate surface area is 129 Å². The van der Waals surface area contributed by atoms with Gasteiger partial charge in [-0.05, 0) is 36.6 Å². The average molecular weight is 300 g/mol. The number of methoxy groups -OCH3 is 1. The van der Waals surface area contributed by atoms with Gasteiger partial charge in [0, 0.05) is 6.54 Å². The van der Waals surface area contributed by atoms with Crippen LogP contribution in [0, 0.1) is 0 Å². The van der Waals surface area contributed by atoms with Crippen molar-refractivity contribution in [1.82, 2.24) is 4.90 Å². The number of hydrogen-bond acceptors (Lipinski definition) is 4. The van der Waals surface area contributed by atoms with Crippen LogP contribution in [0.3, 0.4) is 0 Å². The first-order valence-electron chi connectivity index (χ1n) is 7.45. The highest BCUT2D eigenvalue weighted by molar-refractivity contribution is 5.94. The zero-order valence-corrected chi connectivity index (χ0v) is 12.6. The smallest absolute Gasteiger partial charge is 0.257 e. The fraction of sp³-hybridized carbons (Fsp3) is 0.353. The molecule has 0 spiro atoms. The van der Waals surface area contributed by atoms with E-state index in [1.165, 1.54) is 6.26 Å². The number of ether oxygens (including phenoxy) is 1. The number of furan rings is 1. The van der Waals surface area contributed by atoms with Crippen molar-refractivity contribution in [2.75, 3.05) is 13.7 Å². The number of likely N-dealkylation sites (tertiary alicyclic amines) is 1. The Kier molecular flexibility index (Phi) is 4.15. The SMILES string of the molecule is COc1ccc(C2CCCN2C(=O)c2coc(CN)c2)cc1. The minimum atomic E-state index is 0.00164. The molecule has 1 aromatic carbocycles. The highest BCUT2D eigenvalue weighted by Crippen LogP contribution is 2.34. The standard InChI is InChI=1S/C17H20N2O3/c1-21-14-6-4-12(5-7-14)16-3-2-8-19(16)17(20)13-9-15(10-18)22-11-13/h4-7,9,11,16H,2-3,8,10,18H2,1H3. The molecule has 3 rings (SSSR count). The number of rotatable bonds is 4. The van der Waals surface area contributed by atoms with Crippen molar-refractivity contribution >= 4 is 5.91 Å². The molecule has 0 aliphatic carbocycles. The monoisotopic (exact) mass is 300 g/mol. The van der Waals surface area contributed by atoms with E-state index < -0.39 is 0 Å². The van der Waals surface area contributed by atoms with E-state index in [-0.39, 0.29) is 11.9 Å². The fourth-order valence-electron chi connectivity index (χ4n) is 2.95. The second kappa shape index (κ2) is 6.23. The molecule has 0 bridgehead atoms. The summed E-state index contributed by atoms with van der Waals surface area (Å²) in [6.07, 6.45) is 3.47. The van der Waals surface area contributed by atoms with Crippen LogP contribution in [0.1, 0.15) is 40.6 Å². The lowest BCUT2D eigenvalue weighted by Gasteiger charge is -2.24. The molecule has 5 heteroatoms. The third kappa shape index (κ3) is 2.72. The van der Waals surface area contributed by atoms with E-state index in [9.17, 15) is 4.79 Å². The van der Waals surface area contributed by atoms with Crippen LogP contribution in [0.2, 0.25) is 0 Å². The van der Waals surface area contributed by atoms with Crippen molar-refractivity contribution < 1.29 is 13.9 Å². The molecule has 1 aliphatic heterocycles. The van der Waals surface area contributed by atoms with Crippen LogP contribution in [0.4, 0.5) is 0 Å². The molecule has 22 heavy (non-hydrogen) atoms. The quantitative estimate of drug-likeness (QED) is 0.942. The van der Waals surface area contributed by atoms with Gasteiger partial charge in [0.2, 0.25) is 0 Å². The number of carbonyl (C=O) groups excluding carboxylic acids is 1. The van der Waals surface area contributed by atoms with E-state index in [1.54, 1.807) is 13.2 Å². The number of hydrogen-bond donors (Lipinski definition) is 1. The van der Waals surface area contributed by atoms with Crippen LogP contribution in [0.15, 0.2) is 41.0 Å². The van der Waals surface area contributed by atoms with Crippen LogP contribution >= 0.6 is 0 Å². The number of amides is 1. The molecule has 1 atom stereocenters. The van der Waals surface area contributed by atoms with Crippen molar-refractivity contribution in [3.05, 3.63) is 53.5 Å². The van der Waals surface area contributed by atoms with E-state index >= 15 is 0 Å². The summed E-state index contributed by atoms with van der Waals surface area (Å²) in [6.45, 7) is 1.06. The molecule has 1 aromatic heterocycles. The summed E-state index contributed by atoms with van der Waals surface area (Å²) in [5.41, 5.74) is 7.24. The van der Waals surface area contributed by atoms with Gasteiger partial charge in [0.25, 0.3) is 5.91 Å². The number of nitrogens with two attached hydrogens (primary N) is 1. The Morgan fingerprint density at radius 3 is 2.82 bits per heavy atom. The third-order valence-electron chi connectivity index (χ3n) is 4.12. The van der Waals surface area contributed by atoms with Crippen molar-refractivity contribution in [3.8, 4) is 5.75 Å². The van der Waals surface area contributed by atoms with E-state index in [1.807, 2.05) is 29.2 Å². The number of nitrogens with zero attached hydrogens (tertiary/aromatic N) is 1. The van der Waals surface area contributed by atoms with E-state index in [4.69, 9.17) is 14.9 Å². The highest BCUT2D eigenvalue weighted by atomic mass is 16.5. The second-order valence-electron chi connectivity index (χ2n) is 5.44. The lowest BCUT2D eigenvalue weighted by atomic mass is 10.0. The van der Waals surface area contributed by atoms with Gasteiger partial charge in [-0.3, -0.25) is 4.79 Å². The van der Waals surface area contributed by atoms with Gasteiger partial charge in [0.1, 0.15) is 17.8 Å². The van der Waals surface area contributed by atoms with E-state index in [0.29, 0.717) is 17.9 Å². The number of benzene rings is 1. The molecule has 1 aliphatic rings. The van der Waals surface area contributed by atoms with Gasteiger partial charge < -0.3 is 19.8 Å². The molecule has 2 N–H and O–H groups in total. The molecular formula is C17H20N2O3. The lowest BCUT2D eigenvalue weighted by molar-refractivity contribution is 0.0735. The summed E-state index contributed by atoms with van der Waals surface area (Å²) < 4.78 is 10.5. The van der Waals surface area contributed by atoms with Crippen molar-refractivity contribution in [1.29, 1.82) is 0 Å². The van der Waals surface area contributed by atoms with Gasteiger partial charge in [-0.15, -0.1) is 0 Å². The maximum Gasteiger partial charge on any atom is 0.257 e. The summed E-state index contributed by atoms with van der Waals surface area (Å²) >= 11 is 0. The van der Waals surface area contributed by atoms with E-state index in [0.717, 1.165) is 30.7 Å².